The lowest BCUT2D eigenvalue weighted by molar-refractivity contribution is -0.144. The van der Waals surface area contributed by atoms with E-state index >= 15 is 0 Å². The predicted octanol–water partition coefficient (Wildman–Crippen LogP) is 2.17. The first-order valence-corrected chi connectivity index (χ1v) is 7.30. The Balaban J connectivity index is 3.95. The maximum atomic E-state index is 11.4. The fourth-order valence-electron chi connectivity index (χ4n) is 1.79. The van der Waals surface area contributed by atoms with Crippen LogP contribution in [0.1, 0.15) is 52.9 Å². The van der Waals surface area contributed by atoms with Crippen molar-refractivity contribution in [2.75, 3.05) is 26.2 Å². The van der Waals surface area contributed by atoms with Crippen LogP contribution < -0.4 is 5.73 Å². The summed E-state index contributed by atoms with van der Waals surface area (Å²) in [4.78, 5) is 13.8. The number of hydrogen-bond acceptors (Lipinski definition) is 4. The quantitative estimate of drug-likeness (QED) is 0.577. The molecule has 0 rings (SSSR count). The van der Waals surface area contributed by atoms with Crippen LogP contribution in [0.25, 0.3) is 0 Å². The lowest BCUT2D eigenvalue weighted by Gasteiger charge is -2.23. The summed E-state index contributed by atoms with van der Waals surface area (Å²) in [6, 6.07) is -0.476. The number of nitrogens with two attached hydrogens (primary N) is 1. The molecule has 0 radical (unpaired) electrons. The summed E-state index contributed by atoms with van der Waals surface area (Å²) < 4.78 is 4.92. The predicted molar refractivity (Wildman–Crippen MR) is 75.5 cm³/mol. The molecule has 2 N–H and O–H groups in total. The van der Waals surface area contributed by atoms with Crippen LogP contribution in [0, 0.1) is 0 Å². The van der Waals surface area contributed by atoms with Crippen molar-refractivity contribution in [3.63, 3.8) is 0 Å². The topological polar surface area (TPSA) is 55.6 Å². The minimum absolute atomic E-state index is 0.275. The van der Waals surface area contributed by atoms with E-state index < -0.39 is 6.04 Å². The number of carbonyl (C=O) groups excluding carboxylic acids is 1. The van der Waals surface area contributed by atoms with Crippen LogP contribution in [0.5, 0.6) is 0 Å². The summed E-state index contributed by atoms with van der Waals surface area (Å²) in [7, 11) is 0. The highest BCUT2D eigenvalue weighted by Gasteiger charge is 2.15. The molecule has 0 saturated carbocycles. The molecule has 1 unspecified atom stereocenters. The van der Waals surface area contributed by atoms with E-state index in [9.17, 15) is 4.79 Å². The summed E-state index contributed by atoms with van der Waals surface area (Å²) in [5, 5.41) is 0. The lowest BCUT2D eigenvalue weighted by atomic mass is 10.2. The van der Waals surface area contributed by atoms with E-state index in [2.05, 4.69) is 18.7 Å². The van der Waals surface area contributed by atoms with Gasteiger partial charge in [0, 0.05) is 6.54 Å². The molecule has 0 fully saturated rings. The van der Waals surface area contributed by atoms with Gasteiger partial charge in [0.2, 0.25) is 0 Å². The zero-order valence-electron chi connectivity index (χ0n) is 12.3. The molecular weight excluding hydrogens is 228 g/mol. The summed E-state index contributed by atoms with van der Waals surface area (Å²) in [6.07, 6.45) is 5.50. The highest BCUT2D eigenvalue weighted by atomic mass is 16.5. The molecule has 0 amide bonds. The Labute approximate surface area is 112 Å². The second-order valence-corrected chi connectivity index (χ2v) is 4.70. The zero-order valence-corrected chi connectivity index (χ0v) is 12.3. The van der Waals surface area contributed by atoms with Crippen molar-refractivity contribution in [1.29, 1.82) is 0 Å². The zero-order chi connectivity index (χ0) is 13.8. The van der Waals surface area contributed by atoms with Gasteiger partial charge in [-0.15, -0.1) is 0 Å². The van der Waals surface area contributed by atoms with Crippen LogP contribution in [-0.4, -0.2) is 43.2 Å². The molecule has 108 valence electrons. The SMILES string of the molecule is CCCCN(CCCC)CCC(N)C(=O)OCC. The van der Waals surface area contributed by atoms with E-state index in [1.54, 1.807) is 6.92 Å². The monoisotopic (exact) mass is 258 g/mol. The average Bonchev–Trinajstić information content (AvgIpc) is 2.37. The molecule has 4 heteroatoms. The highest BCUT2D eigenvalue weighted by Crippen LogP contribution is 2.02. The van der Waals surface area contributed by atoms with Crippen LogP contribution in [0.15, 0.2) is 0 Å². The second kappa shape index (κ2) is 11.5. The van der Waals surface area contributed by atoms with E-state index in [1.165, 1.54) is 25.7 Å². The number of rotatable bonds is 11. The first-order chi connectivity index (χ1) is 8.65. The van der Waals surface area contributed by atoms with E-state index in [1.807, 2.05) is 0 Å². The minimum Gasteiger partial charge on any atom is -0.465 e. The van der Waals surface area contributed by atoms with Crippen molar-refractivity contribution in [3.8, 4) is 0 Å². The Bertz CT molecular complexity index is 202. The molecule has 1 atom stereocenters. The second-order valence-electron chi connectivity index (χ2n) is 4.70. The molecule has 0 aromatic heterocycles. The summed E-state index contributed by atoms with van der Waals surface area (Å²) in [5.74, 6) is -0.275. The van der Waals surface area contributed by atoms with Gasteiger partial charge in [-0.1, -0.05) is 26.7 Å². The summed E-state index contributed by atoms with van der Waals surface area (Å²) in [5.41, 5.74) is 5.81. The van der Waals surface area contributed by atoms with Crippen LogP contribution in [-0.2, 0) is 9.53 Å². The molecule has 0 saturated heterocycles. The maximum Gasteiger partial charge on any atom is 0.322 e. The third-order valence-electron chi connectivity index (χ3n) is 3.00. The summed E-state index contributed by atoms with van der Waals surface area (Å²) >= 11 is 0. The Morgan fingerprint density at radius 1 is 1.11 bits per heavy atom. The van der Waals surface area contributed by atoms with Gasteiger partial charge in [-0.05, 0) is 39.3 Å². The van der Waals surface area contributed by atoms with Crippen molar-refractivity contribution >= 4 is 5.97 Å². The number of ether oxygens (including phenoxy) is 1. The van der Waals surface area contributed by atoms with E-state index in [0.29, 0.717) is 13.0 Å². The van der Waals surface area contributed by atoms with Crippen LogP contribution in [0.3, 0.4) is 0 Å². The molecule has 0 aliphatic rings. The van der Waals surface area contributed by atoms with Crippen LogP contribution in [0.4, 0.5) is 0 Å². The number of carbonyl (C=O) groups is 1. The fourth-order valence-corrected chi connectivity index (χ4v) is 1.79. The molecule has 0 aliphatic heterocycles. The number of unbranched alkanes of at least 4 members (excludes halogenated alkanes) is 2. The number of nitrogens with zero attached hydrogens (tertiary/aromatic N) is 1. The van der Waals surface area contributed by atoms with Crippen LogP contribution >= 0.6 is 0 Å². The molecule has 0 aromatic rings. The van der Waals surface area contributed by atoms with Gasteiger partial charge in [0.1, 0.15) is 6.04 Å². The first-order valence-electron chi connectivity index (χ1n) is 7.30. The van der Waals surface area contributed by atoms with Crippen molar-refractivity contribution < 1.29 is 9.53 Å². The molecule has 0 aromatic carbocycles. The maximum absolute atomic E-state index is 11.4. The molecular formula is C14H30N2O2. The Morgan fingerprint density at radius 3 is 2.11 bits per heavy atom. The number of esters is 1. The Kier molecular flexibility index (Phi) is 11.1. The van der Waals surface area contributed by atoms with Gasteiger partial charge in [0.05, 0.1) is 6.61 Å². The minimum atomic E-state index is -0.476. The smallest absolute Gasteiger partial charge is 0.322 e. The van der Waals surface area contributed by atoms with E-state index in [-0.39, 0.29) is 5.97 Å². The molecule has 0 heterocycles. The third-order valence-corrected chi connectivity index (χ3v) is 3.00. The summed E-state index contributed by atoms with van der Waals surface area (Å²) in [6.45, 7) is 9.70. The normalized spacial score (nSPS) is 12.7. The Hall–Kier alpha value is -0.610. The molecule has 4 nitrogen and oxygen atoms in total. The third kappa shape index (κ3) is 8.48. The van der Waals surface area contributed by atoms with Gasteiger partial charge < -0.3 is 15.4 Å². The van der Waals surface area contributed by atoms with Gasteiger partial charge in [-0.25, -0.2) is 0 Å². The van der Waals surface area contributed by atoms with Gasteiger partial charge in [0.25, 0.3) is 0 Å². The first kappa shape index (κ1) is 17.4. The highest BCUT2D eigenvalue weighted by molar-refractivity contribution is 5.75. The van der Waals surface area contributed by atoms with Crippen molar-refractivity contribution in [3.05, 3.63) is 0 Å². The van der Waals surface area contributed by atoms with E-state index in [4.69, 9.17) is 10.5 Å². The van der Waals surface area contributed by atoms with Crippen LogP contribution in [0.2, 0.25) is 0 Å². The standard InChI is InChI=1S/C14H30N2O2/c1-4-7-10-16(11-8-5-2)12-9-13(15)14(17)18-6-3/h13H,4-12,15H2,1-3H3. The average molecular weight is 258 g/mol. The van der Waals surface area contributed by atoms with Crippen molar-refractivity contribution in [2.45, 2.75) is 58.9 Å². The van der Waals surface area contributed by atoms with Gasteiger partial charge in [0.15, 0.2) is 0 Å². The van der Waals surface area contributed by atoms with Gasteiger partial charge in [-0.2, -0.15) is 0 Å². The molecule has 0 spiro atoms. The largest absolute Gasteiger partial charge is 0.465 e. The van der Waals surface area contributed by atoms with Crippen molar-refractivity contribution in [2.24, 2.45) is 5.73 Å². The number of hydrogen-bond donors (Lipinski definition) is 1. The molecule has 0 bridgehead atoms. The molecule has 0 aliphatic carbocycles. The van der Waals surface area contributed by atoms with E-state index in [0.717, 1.165) is 19.6 Å². The van der Waals surface area contributed by atoms with Gasteiger partial charge in [-0.3, -0.25) is 4.79 Å². The molecule has 18 heavy (non-hydrogen) atoms. The van der Waals surface area contributed by atoms with Crippen molar-refractivity contribution in [1.82, 2.24) is 4.90 Å². The lowest BCUT2D eigenvalue weighted by Crippen LogP contribution is -2.37. The van der Waals surface area contributed by atoms with Gasteiger partial charge >= 0.3 is 5.97 Å². The fraction of sp³-hybridized carbons (Fsp3) is 0.929. The Morgan fingerprint density at radius 2 is 1.67 bits per heavy atom.